The van der Waals surface area contributed by atoms with Gasteiger partial charge in [0.05, 0.1) is 0 Å². The topological polar surface area (TPSA) is 0 Å². The molecule has 0 aliphatic rings. The van der Waals surface area contributed by atoms with E-state index in [1.165, 1.54) is 64.4 Å². The first kappa shape index (κ1) is 23.5. The monoisotopic (exact) mass is 502 g/mol. The van der Waals surface area contributed by atoms with Gasteiger partial charge in [-0.3, -0.25) is 0 Å². The van der Waals surface area contributed by atoms with Crippen molar-refractivity contribution in [1.29, 1.82) is 0 Å². The highest BCUT2D eigenvalue weighted by atomic mass is 32.2. The third kappa shape index (κ3) is 4.49. The molecule has 6 rings (SSSR count). The average molecular weight is 503 g/mol. The van der Waals surface area contributed by atoms with E-state index in [0.717, 1.165) is 24.3 Å². The second-order valence-corrected chi connectivity index (χ2v) is 11.9. The molecule has 178 valence electrons. The minimum Gasteiger partial charge on any atom is -0.125 e. The molecule has 6 aromatic rings. The van der Waals surface area contributed by atoms with Crippen molar-refractivity contribution in [2.75, 3.05) is 11.5 Å². The molecule has 0 radical (unpaired) electrons. The quantitative estimate of drug-likeness (QED) is 0.150. The van der Waals surface area contributed by atoms with Gasteiger partial charge in [0.15, 0.2) is 0 Å². The summed E-state index contributed by atoms with van der Waals surface area (Å²) in [6, 6.07) is 35.9. The van der Waals surface area contributed by atoms with E-state index in [-0.39, 0.29) is 0 Å². The van der Waals surface area contributed by atoms with Gasteiger partial charge >= 0.3 is 0 Å². The van der Waals surface area contributed by atoms with Gasteiger partial charge in [0.25, 0.3) is 0 Å². The molecule has 0 saturated carbocycles. The minimum absolute atomic E-state index is 1.09. The number of hydrogen-bond donors (Lipinski definition) is 0. The molecule has 0 saturated heterocycles. The molecule has 0 nitrogen and oxygen atoms in total. The molecule has 0 atom stereocenters. The zero-order valence-corrected chi connectivity index (χ0v) is 22.5. The van der Waals surface area contributed by atoms with Gasteiger partial charge in [-0.05, 0) is 93.4 Å². The molecule has 0 amide bonds. The Kier molecular flexibility index (Phi) is 6.65. The molecule has 6 aromatic carbocycles. The van der Waals surface area contributed by atoms with Crippen LogP contribution < -0.4 is 0 Å². The molecule has 0 bridgehead atoms. The van der Waals surface area contributed by atoms with Crippen LogP contribution in [0, 0.1) is 13.8 Å². The Hall–Kier alpha value is -2.94. The van der Waals surface area contributed by atoms with Gasteiger partial charge < -0.3 is 0 Å². The predicted octanol–water partition coefficient (Wildman–Crippen LogP) is 9.87. The zero-order chi connectivity index (χ0) is 24.5. The van der Waals surface area contributed by atoms with Gasteiger partial charge in [-0.1, -0.05) is 84.9 Å². The van der Waals surface area contributed by atoms with Gasteiger partial charge in [-0.2, -0.15) is 0 Å². The summed E-state index contributed by atoms with van der Waals surface area (Å²) >= 11 is 3.99. The molecule has 0 aliphatic carbocycles. The van der Waals surface area contributed by atoms with Crippen molar-refractivity contribution in [1.82, 2.24) is 0 Å². The van der Waals surface area contributed by atoms with Crippen molar-refractivity contribution >= 4 is 55.8 Å². The highest BCUT2D eigenvalue weighted by Gasteiger charge is 2.17. The number of benzene rings is 6. The fourth-order valence-corrected chi connectivity index (χ4v) is 7.64. The van der Waals surface area contributed by atoms with Gasteiger partial charge in [0, 0.05) is 21.3 Å². The second kappa shape index (κ2) is 10.2. The third-order valence-corrected chi connectivity index (χ3v) is 9.33. The molecule has 0 spiro atoms. The number of rotatable bonds is 8. The molecule has 0 fully saturated rings. The van der Waals surface area contributed by atoms with Gasteiger partial charge in [-0.15, -0.1) is 23.5 Å². The van der Waals surface area contributed by atoms with Crippen LogP contribution in [-0.4, -0.2) is 11.5 Å². The first-order valence-corrected chi connectivity index (χ1v) is 14.7. The van der Waals surface area contributed by atoms with Gasteiger partial charge in [0.1, 0.15) is 0 Å². The van der Waals surface area contributed by atoms with E-state index in [4.69, 9.17) is 0 Å². The largest absolute Gasteiger partial charge is 0.125 e. The summed E-state index contributed by atoms with van der Waals surface area (Å²) in [6.45, 7) is 4.55. The van der Waals surface area contributed by atoms with Crippen molar-refractivity contribution in [2.24, 2.45) is 0 Å². The maximum Gasteiger partial charge on any atom is 0.0154 e. The second-order valence-electron chi connectivity index (χ2n) is 9.62. The van der Waals surface area contributed by atoms with Crippen LogP contribution >= 0.6 is 23.5 Å². The molecular formula is C34H30S2. The Morgan fingerprint density at radius 1 is 0.472 bits per heavy atom. The molecule has 0 aliphatic heterocycles. The lowest BCUT2D eigenvalue weighted by molar-refractivity contribution is 1.16. The molecule has 0 N–H and O–H groups in total. The number of aryl methyl sites for hydroxylation is 4. The highest BCUT2D eigenvalue weighted by molar-refractivity contribution is 7.99. The lowest BCUT2D eigenvalue weighted by Gasteiger charge is -2.19. The Bertz CT molecular complexity index is 1510. The zero-order valence-electron chi connectivity index (χ0n) is 20.9. The normalized spacial score (nSPS) is 11.7. The molecule has 0 heterocycles. The van der Waals surface area contributed by atoms with Gasteiger partial charge in [-0.25, -0.2) is 0 Å². The SMILES string of the molecule is Cc1cc(SCCc2ccccc2)c2ccc3c(C)cc(SCCc4ccccc4)c4ccc1c2c34. The van der Waals surface area contributed by atoms with Crippen LogP contribution in [0.2, 0.25) is 0 Å². The van der Waals surface area contributed by atoms with Crippen LogP contribution in [0.4, 0.5) is 0 Å². The summed E-state index contributed by atoms with van der Waals surface area (Å²) in [6.07, 6.45) is 2.18. The molecule has 2 heteroatoms. The Labute approximate surface area is 222 Å². The Morgan fingerprint density at radius 3 is 1.28 bits per heavy atom. The maximum atomic E-state index is 2.40. The van der Waals surface area contributed by atoms with Crippen LogP contribution in [0.1, 0.15) is 22.3 Å². The van der Waals surface area contributed by atoms with Crippen LogP contribution in [0.3, 0.4) is 0 Å². The number of thioether (sulfide) groups is 2. The molecule has 36 heavy (non-hydrogen) atoms. The first-order valence-electron chi connectivity index (χ1n) is 12.7. The summed E-state index contributed by atoms with van der Waals surface area (Å²) < 4.78 is 0. The first-order chi connectivity index (χ1) is 17.7. The summed E-state index contributed by atoms with van der Waals surface area (Å²) in [5.41, 5.74) is 5.57. The third-order valence-electron chi connectivity index (χ3n) is 7.22. The van der Waals surface area contributed by atoms with Crippen molar-refractivity contribution < 1.29 is 0 Å². The summed E-state index contributed by atoms with van der Waals surface area (Å²) in [4.78, 5) is 2.82. The van der Waals surface area contributed by atoms with E-state index < -0.39 is 0 Å². The fourth-order valence-electron chi connectivity index (χ4n) is 5.35. The highest BCUT2D eigenvalue weighted by Crippen LogP contribution is 2.44. The van der Waals surface area contributed by atoms with Crippen LogP contribution in [0.25, 0.3) is 32.3 Å². The minimum atomic E-state index is 1.09. The van der Waals surface area contributed by atoms with E-state index in [2.05, 4.69) is 111 Å². The predicted molar refractivity (Wildman–Crippen MR) is 161 cm³/mol. The lowest BCUT2D eigenvalue weighted by atomic mass is 9.90. The maximum absolute atomic E-state index is 2.40. The Balaban J connectivity index is 1.38. The van der Waals surface area contributed by atoms with E-state index in [1.807, 2.05) is 23.5 Å². The van der Waals surface area contributed by atoms with Crippen LogP contribution in [0.5, 0.6) is 0 Å². The standard InChI is InChI=1S/C34H30S2/c1-23-21-31(35-19-17-25-9-5-3-6-10-25)29-16-14-28-24(2)22-32(30-15-13-27(23)33(29)34(28)30)36-20-18-26-11-7-4-8-12-26/h3-16,21-22H,17-20H2,1-2H3. The van der Waals surface area contributed by atoms with Crippen LogP contribution in [-0.2, 0) is 12.8 Å². The Morgan fingerprint density at radius 2 is 0.861 bits per heavy atom. The van der Waals surface area contributed by atoms with Crippen LogP contribution in [0.15, 0.2) is 107 Å². The van der Waals surface area contributed by atoms with Crippen molar-refractivity contribution in [3.05, 3.63) is 119 Å². The fraction of sp³-hybridized carbons (Fsp3) is 0.176. The molecule has 0 aromatic heterocycles. The van der Waals surface area contributed by atoms with Gasteiger partial charge in [0.2, 0.25) is 0 Å². The van der Waals surface area contributed by atoms with E-state index in [9.17, 15) is 0 Å². The van der Waals surface area contributed by atoms with E-state index in [0.29, 0.717) is 0 Å². The summed E-state index contributed by atoms with van der Waals surface area (Å²) in [7, 11) is 0. The van der Waals surface area contributed by atoms with E-state index in [1.54, 1.807) is 0 Å². The molecular weight excluding hydrogens is 473 g/mol. The molecule has 0 unspecified atom stereocenters. The summed E-state index contributed by atoms with van der Waals surface area (Å²) in [5, 5.41) is 8.47. The van der Waals surface area contributed by atoms with Crippen molar-refractivity contribution in [2.45, 2.75) is 36.5 Å². The smallest absolute Gasteiger partial charge is 0.0154 e. The summed E-state index contributed by atoms with van der Waals surface area (Å²) in [5.74, 6) is 2.18. The number of hydrogen-bond acceptors (Lipinski definition) is 2. The average Bonchev–Trinajstić information content (AvgIpc) is 2.91. The van der Waals surface area contributed by atoms with Crippen molar-refractivity contribution in [3.8, 4) is 0 Å². The van der Waals surface area contributed by atoms with E-state index >= 15 is 0 Å². The van der Waals surface area contributed by atoms with Crippen molar-refractivity contribution in [3.63, 3.8) is 0 Å². The lowest BCUT2D eigenvalue weighted by Crippen LogP contribution is -1.94.